The lowest BCUT2D eigenvalue weighted by Crippen LogP contribution is -2.09. The van der Waals surface area contributed by atoms with Crippen molar-refractivity contribution in [3.8, 4) is 5.75 Å². The van der Waals surface area contributed by atoms with Crippen LogP contribution in [-0.2, 0) is 0 Å². The maximum atomic E-state index is 13.1. The fourth-order valence-corrected chi connectivity index (χ4v) is 1.59. The van der Waals surface area contributed by atoms with Gasteiger partial charge in [-0.15, -0.1) is 0 Å². The lowest BCUT2D eigenvalue weighted by atomic mass is 10.2. The Labute approximate surface area is 117 Å². The Hall–Kier alpha value is -2.47. The first kappa shape index (κ1) is 14.0. The second kappa shape index (κ2) is 5.66. The Bertz CT molecular complexity index is 673. The van der Waals surface area contributed by atoms with Crippen LogP contribution in [0.5, 0.6) is 5.75 Å². The van der Waals surface area contributed by atoms with E-state index in [1.807, 2.05) is 0 Å². The van der Waals surface area contributed by atoms with Crippen molar-refractivity contribution in [3.63, 3.8) is 0 Å². The zero-order valence-corrected chi connectivity index (χ0v) is 10.6. The number of hydrogen-bond donors (Lipinski definition) is 0. The van der Waals surface area contributed by atoms with E-state index in [4.69, 9.17) is 16.3 Å². The van der Waals surface area contributed by atoms with Crippen LogP contribution in [0, 0.1) is 15.9 Å². The molecule has 0 bridgehead atoms. The molecule has 0 aliphatic rings. The second-order valence-corrected chi connectivity index (χ2v) is 4.20. The highest BCUT2D eigenvalue weighted by Gasteiger charge is 2.19. The van der Waals surface area contributed by atoms with Gasteiger partial charge in [0.05, 0.1) is 10.5 Å². The molecule has 0 amide bonds. The summed E-state index contributed by atoms with van der Waals surface area (Å²) in [5.74, 6) is -2.03. The number of nitro groups is 1. The summed E-state index contributed by atoms with van der Waals surface area (Å²) in [4.78, 5) is 21.8. The zero-order chi connectivity index (χ0) is 14.7. The molecule has 0 spiro atoms. The number of ether oxygens (including phenoxy) is 1. The van der Waals surface area contributed by atoms with E-state index >= 15 is 0 Å². The summed E-state index contributed by atoms with van der Waals surface area (Å²) >= 11 is 5.67. The Morgan fingerprint density at radius 1 is 1.20 bits per heavy atom. The smallest absolute Gasteiger partial charge is 0.343 e. The molecule has 7 heteroatoms. The van der Waals surface area contributed by atoms with E-state index in [1.165, 1.54) is 24.3 Å². The van der Waals surface area contributed by atoms with Crippen LogP contribution in [0.3, 0.4) is 0 Å². The summed E-state index contributed by atoms with van der Waals surface area (Å²) in [7, 11) is 0. The fraction of sp³-hybridized carbons (Fsp3) is 0. The molecule has 0 saturated carbocycles. The number of esters is 1. The number of carbonyl (C=O) groups excluding carboxylic acids is 1. The molecule has 0 aliphatic heterocycles. The third kappa shape index (κ3) is 3.10. The molecule has 2 rings (SSSR count). The third-order valence-corrected chi connectivity index (χ3v) is 2.65. The first-order chi connectivity index (χ1) is 9.47. The summed E-state index contributed by atoms with van der Waals surface area (Å²) in [5.41, 5.74) is -0.346. The average Bonchev–Trinajstić information content (AvgIpc) is 2.39. The summed E-state index contributed by atoms with van der Waals surface area (Å²) in [6, 6.07) is 8.37. The van der Waals surface area contributed by atoms with E-state index in [0.717, 1.165) is 18.2 Å². The van der Waals surface area contributed by atoms with Crippen molar-refractivity contribution in [2.45, 2.75) is 0 Å². The summed E-state index contributed by atoms with van der Waals surface area (Å²) in [6.07, 6.45) is 0. The molecule has 102 valence electrons. The van der Waals surface area contributed by atoms with Crippen molar-refractivity contribution < 1.29 is 18.8 Å². The normalized spacial score (nSPS) is 10.1. The van der Waals surface area contributed by atoms with E-state index in [-0.39, 0.29) is 5.56 Å². The van der Waals surface area contributed by atoms with Crippen LogP contribution >= 0.6 is 11.6 Å². The molecule has 0 saturated heterocycles. The van der Waals surface area contributed by atoms with Crippen LogP contribution in [0.2, 0.25) is 5.02 Å². The Balaban J connectivity index is 2.29. The van der Waals surface area contributed by atoms with E-state index in [1.54, 1.807) is 0 Å². The summed E-state index contributed by atoms with van der Waals surface area (Å²) in [6.45, 7) is 0. The predicted octanol–water partition coefficient (Wildman–Crippen LogP) is 3.61. The number of carbonyl (C=O) groups is 1. The van der Waals surface area contributed by atoms with Gasteiger partial charge >= 0.3 is 11.7 Å². The van der Waals surface area contributed by atoms with Gasteiger partial charge in [0.25, 0.3) is 0 Å². The minimum Gasteiger partial charge on any atom is -0.415 e. The van der Waals surface area contributed by atoms with Crippen LogP contribution in [0.1, 0.15) is 10.4 Å². The molecular formula is C13H7ClFNO4. The van der Waals surface area contributed by atoms with Gasteiger partial charge in [-0.3, -0.25) is 10.1 Å². The van der Waals surface area contributed by atoms with Crippen molar-refractivity contribution in [1.29, 1.82) is 0 Å². The Morgan fingerprint density at radius 3 is 2.45 bits per heavy atom. The highest BCUT2D eigenvalue weighted by Crippen LogP contribution is 2.28. The standard InChI is InChI=1S/C13H7ClFNO4/c14-9-3-1-8(2-4-9)13(17)20-12-7-10(15)5-6-11(12)16(18)19/h1-7H. The van der Waals surface area contributed by atoms with Gasteiger partial charge in [0.2, 0.25) is 5.75 Å². The average molecular weight is 296 g/mol. The van der Waals surface area contributed by atoms with E-state index in [9.17, 15) is 19.3 Å². The highest BCUT2D eigenvalue weighted by molar-refractivity contribution is 6.30. The number of benzene rings is 2. The van der Waals surface area contributed by atoms with Gasteiger partial charge in [-0.1, -0.05) is 11.6 Å². The molecule has 0 aromatic heterocycles. The van der Waals surface area contributed by atoms with E-state index < -0.39 is 28.1 Å². The molecule has 2 aromatic carbocycles. The Morgan fingerprint density at radius 2 is 1.85 bits per heavy atom. The molecule has 0 radical (unpaired) electrons. The molecule has 0 heterocycles. The largest absolute Gasteiger partial charge is 0.415 e. The number of rotatable bonds is 3. The van der Waals surface area contributed by atoms with Crippen molar-refractivity contribution >= 4 is 23.3 Å². The first-order valence-electron chi connectivity index (χ1n) is 5.39. The van der Waals surface area contributed by atoms with Crippen molar-refractivity contribution in [2.24, 2.45) is 0 Å². The van der Waals surface area contributed by atoms with Gasteiger partial charge in [-0.2, -0.15) is 0 Å². The van der Waals surface area contributed by atoms with Gasteiger partial charge < -0.3 is 4.74 Å². The van der Waals surface area contributed by atoms with Crippen LogP contribution in [0.25, 0.3) is 0 Å². The number of nitro benzene ring substituents is 1. The predicted molar refractivity (Wildman–Crippen MR) is 69.5 cm³/mol. The molecule has 5 nitrogen and oxygen atoms in total. The Kier molecular flexibility index (Phi) is 3.95. The lowest BCUT2D eigenvalue weighted by molar-refractivity contribution is -0.385. The molecule has 0 unspecified atom stereocenters. The third-order valence-electron chi connectivity index (χ3n) is 2.40. The maximum absolute atomic E-state index is 13.1. The van der Waals surface area contributed by atoms with Crippen LogP contribution in [0.4, 0.5) is 10.1 Å². The van der Waals surface area contributed by atoms with E-state index in [0.29, 0.717) is 5.02 Å². The van der Waals surface area contributed by atoms with Gasteiger partial charge in [0, 0.05) is 17.2 Å². The van der Waals surface area contributed by atoms with Crippen molar-refractivity contribution in [3.05, 3.63) is 69.0 Å². The lowest BCUT2D eigenvalue weighted by Gasteiger charge is -2.05. The molecule has 0 N–H and O–H groups in total. The molecular weight excluding hydrogens is 289 g/mol. The zero-order valence-electron chi connectivity index (χ0n) is 9.88. The summed E-state index contributed by atoms with van der Waals surface area (Å²) < 4.78 is 17.9. The van der Waals surface area contributed by atoms with Crippen molar-refractivity contribution in [1.82, 2.24) is 0 Å². The fourth-order valence-electron chi connectivity index (χ4n) is 1.47. The topological polar surface area (TPSA) is 69.4 Å². The minimum atomic E-state index is -0.838. The maximum Gasteiger partial charge on any atom is 0.343 e. The number of hydrogen-bond acceptors (Lipinski definition) is 4. The molecule has 2 aromatic rings. The highest BCUT2D eigenvalue weighted by atomic mass is 35.5. The first-order valence-corrected chi connectivity index (χ1v) is 5.77. The quantitative estimate of drug-likeness (QED) is 0.375. The van der Waals surface area contributed by atoms with Crippen molar-refractivity contribution in [2.75, 3.05) is 0 Å². The second-order valence-electron chi connectivity index (χ2n) is 3.77. The van der Waals surface area contributed by atoms with Crippen LogP contribution < -0.4 is 4.74 Å². The van der Waals surface area contributed by atoms with E-state index in [2.05, 4.69) is 0 Å². The van der Waals surface area contributed by atoms with Gasteiger partial charge in [0.15, 0.2) is 0 Å². The number of nitrogens with zero attached hydrogens (tertiary/aromatic N) is 1. The SMILES string of the molecule is O=C(Oc1cc(F)ccc1[N+](=O)[O-])c1ccc(Cl)cc1. The molecule has 0 fully saturated rings. The monoisotopic (exact) mass is 295 g/mol. The van der Waals surface area contributed by atoms with Gasteiger partial charge in [0.1, 0.15) is 5.82 Å². The number of halogens is 2. The molecule has 0 aliphatic carbocycles. The summed E-state index contributed by atoms with van der Waals surface area (Å²) in [5, 5.41) is 11.2. The van der Waals surface area contributed by atoms with Gasteiger partial charge in [-0.25, -0.2) is 9.18 Å². The van der Waals surface area contributed by atoms with Crippen LogP contribution in [0.15, 0.2) is 42.5 Å². The molecule has 20 heavy (non-hydrogen) atoms. The van der Waals surface area contributed by atoms with Crippen LogP contribution in [-0.4, -0.2) is 10.9 Å². The molecule has 0 atom stereocenters. The van der Waals surface area contributed by atoms with Gasteiger partial charge in [-0.05, 0) is 30.3 Å². The minimum absolute atomic E-state index is 0.146.